The van der Waals surface area contributed by atoms with Crippen LogP contribution in [-0.4, -0.2) is 0 Å². The van der Waals surface area contributed by atoms with Crippen molar-refractivity contribution < 1.29 is 0 Å². The van der Waals surface area contributed by atoms with Crippen molar-refractivity contribution in [1.82, 2.24) is 0 Å². The van der Waals surface area contributed by atoms with Gasteiger partial charge in [-0.25, -0.2) is 0 Å². The third-order valence-corrected chi connectivity index (χ3v) is 11.9. The molecule has 2 heteroatoms. The molecular formula is C56H44N2. The molecule has 10 rings (SSSR count). The maximum Gasteiger partial charge on any atom is 0.0468 e. The molecule has 0 saturated heterocycles. The Labute approximate surface area is 341 Å². The molecule has 0 radical (unpaired) electrons. The predicted molar refractivity (Wildman–Crippen MR) is 246 cm³/mol. The van der Waals surface area contributed by atoms with E-state index in [9.17, 15) is 0 Å². The Morgan fingerprint density at radius 3 is 1.17 bits per heavy atom. The van der Waals surface area contributed by atoms with Gasteiger partial charge in [0, 0.05) is 39.5 Å². The van der Waals surface area contributed by atoms with E-state index >= 15 is 0 Å². The van der Waals surface area contributed by atoms with Gasteiger partial charge in [-0.05, 0) is 135 Å². The first-order valence-electron chi connectivity index (χ1n) is 20.2. The molecule has 0 amide bonds. The van der Waals surface area contributed by atoms with E-state index in [0.29, 0.717) is 0 Å². The standard InChI is InChI=1S/C56H44N2/c1-39-18-25-46(26-19-39)58(49-31-24-42-16-10-11-17-45(42)36-49)51-33-35-53-52-34-32-50(37-54(52)56(2,3)55(53)38-51)57(47-27-20-43(21-28-47)40-12-6-4-7-13-40)48-29-22-44(23-30-48)41-14-8-5-9-15-41/h4-38H,1-3H3. The molecule has 0 atom stereocenters. The van der Waals surface area contributed by atoms with E-state index in [1.807, 2.05) is 0 Å². The van der Waals surface area contributed by atoms with E-state index in [-0.39, 0.29) is 5.41 Å². The monoisotopic (exact) mass is 744 g/mol. The third-order valence-electron chi connectivity index (χ3n) is 11.9. The maximum absolute atomic E-state index is 2.42. The highest BCUT2D eigenvalue weighted by atomic mass is 15.1. The van der Waals surface area contributed by atoms with Crippen molar-refractivity contribution in [2.45, 2.75) is 26.2 Å². The number of fused-ring (bicyclic) bond motifs is 4. The van der Waals surface area contributed by atoms with Crippen LogP contribution in [0.3, 0.4) is 0 Å². The highest BCUT2D eigenvalue weighted by Crippen LogP contribution is 2.52. The van der Waals surface area contributed by atoms with Gasteiger partial charge in [0.1, 0.15) is 0 Å². The van der Waals surface area contributed by atoms with Gasteiger partial charge in [-0.1, -0.05) is 159 Å². The van der Waals surface area contributed by atoms with Gasteiger partial charge in [0.25, 0.3) is 0 Å². The van der Waals surface area contributed by atoms with Crippen molar-refractivity contribution in [3.8, 4) is 33.4 Å². The fraction of sp³-hybridized carbons (Fsp3) is 0.0714. The first kappa shape index (κ1) is 35.3. The van der Waals surface area contributed by atoms with Crippen LogP contribution in [0.2, 0.25) is 0 Å². The summed E-state index contributed by atoms with van der Waals surface area (Å²) in [4.78, 5) is 4.80. The normalized spacial score (nSPS) is 12.5. The number of benzene rings is 9. The molecule has 9 aromatic carbocycles. The number of aryl methyl sites for hydroxylation is 1. The lowest BCUT2D eigenvalue weighted by Crippen LogP contribution is -2.17. The number of anilines is 6. The van der Waals surface area contributed by atoms with E-state index in [4.69, 9.17) is 0 Å². The summed E-state index contributed by atoms with van der Waals surface area (Å²) in [6, 6.07) is 77.5. The predicted octanol–water partition coefficient (Wildman–Crippen LogP) is 15.7. The number of rotatable bonds is 8. The lowest BCUT2D eigenvalue weighted by Gasteiger charge is -2.29. The van der Waals surface area contributed by atoms with Crippen LogP contribution in [0.1, 0.15) is 30.5 Å². The largest absolute Gasteiger partial charge is 0.310 e. The zero-order valence-electron chi connectivity index (χ0n) is 33.1. The quantitative estimate of drug-likeness (QED) is 0.153. The molecule has 278 valence electrons. The SMILES string of the molecule is Cc1ccc(N(c2ccc3c(c2)C(C)(C)c2cc(N(c4ccc(-c5ccccc5)cc4)c4ccc(-c5ccccc5)cc4)ccc2-3)c2ccc3ccccc3c2)cc1. The average molecular weight is 745 g/mol. The topological polar surface area (TPSA) is 6.48 Å². The minimum Gasteiger partial charge on any atom is -0.310 e. The van der Waals surface area contributed by atoms with Crippen LogP contribution in [0.15, 0.2) is 212 Å². The molecule has 9 aromatic rings. The number of hydrogen-bond donors (Lipinski definition) is 0. The molecular weight excluding hydrogens is 701 g/mol. The Balaban J connectivity index is 1.06. The van der Waals surface area contributed by atoms with Crippen molar-refractivity contribution in [2.75, 3.05) is 9.80 Å². The Hall–Kier alpha value is -7.16. The van der Waals surface area contributed by atoms with Gasteiger partial charge < -0.3 is 9.80 Å². The van der Waals surface area contributed by atoms with Crippen LogP contribution < -0.4 is 9.80 Å². The second-order valence-corrected chi connectivity index (χ2v) is 15.9. The summed E-state index contributed by atoms with van der Waals surface area (Å²) in [7, 11) is 0. The smallest absolute Gasteiger partial charge is 0.0468 e. The van der Waals surface area contributed by atoms with Crippen molar-refractivity contribution in [1.29, 1.82) is 0 Å². The molecule has 0 spiro atoms. The third kappa shape index (κ3) is 6.33. The van der Waals surface area contributed by atoms with Crippen molar-refractivity contribution >= 4 is 44.9 Å². The molecule has 0 N–H and O–H groups in total. The second-order valence-electron chi connectivity index (χ2n) is 15.9. The molecule has 1 aliphatic carbocycles. The molecule has 0 heterocycles. The highest BCUT2D eigenvalue weighted by molar-refractivity contribution is 5.92. The summed E-state index contributed by atoms with van der Waals surface area (Å²) >= 11 is 0. The van der Waals surface area contributed by atoms with Crippen LogP contribution >= 0.6 is 0 Å². The lowest BCUT2D eigenvalue weighted by atomic mass is 9.82. The van der Waals surface area contributed by atoms with Crippen molar-refractivity contribution in [3.05, 3.63) is 229 Å². The van der Waals surface area contributed by atoms with Crippen LogP contribution in [-0.2, 0) is 5.41 Å². The van der Waals surface area contributed by atoms with Crippen LogP contribution in [0.25, 0.3) is 44.2 Å². The summed E-state index contributed by atoms with van der Waals surface area (Å²) < 4.78 is 0. The van der Waals surface area contributed by atoms with Gasteiger partial charge in [-0.2, -0.15) is 0 Å². The molecule has 1 aliphatic rings. The van der Waals surface area contributed by atoms with E-state index in [0.717, 1.165) is 34.1 Å². The Bertz CT molecular complexity index is 2810. The van der Waals surface area contributed by atoms with E-state index < -0.39 is 0 Å². The van der Waals surface area contributed by atoms with Gasteiger partial charge in [-0.15, -0.1) is 0 Å². The van der Waals surface area contributed by atoms with Gasteiger partial charge >= 0.3 is 0 Å². The fourth-order valence-electron chi connectivity index (χ4n) is 8.76. The summed E-state index contributed by atoms with van der Waals surface area (Å²) in [5.74, 6) is 0. The second kappa shape index (κ2) is 14.4. The van der Waals surface area contributed by atoms with Crippen LogP contribution in [0.5, 0.6) is 0 Å². The molecule has 0 saturated carbocycles. The maximum atomic E-state index is 2.42. The Kier molecular flexibility index (Phi) is 8.76. The first-order valence-corrected chi connectivity index (χ1v) is 20.2. The molecule has 2 nitrogen and oxygen atoms in total. The fourth-order valence-corrected chi connectivity index (χ4v) is 8.76. The van der Waals surface area contributed by atoms with E-state index in [1.165, 1.54) is 60.8 Å². The lowest BCUT2D eigenvalue weighted by molar-refractivity contribution is 0.660. The average Bonchev–Trinajstić information content (AvgIpc) is 3.50. The molecule has 0 aliphatic heterocycles. The van der Waals surface area contributed by atoms with Gasteiger partial charge in [0.05, 0.1) is 0 Å². The van der Waals surface area contributed by atoms with Gasteiger partial charge in [0.15, 0.2) is 0 Å². The van der Waals surface area contributed by atoms with Gasteiger partial charge in [0.2, 0.25) is 0 Å². The highest BCUT2D eigenvalue weighted by Gasteiger charge is 2.37. The molecule has 0 unspecified atom stereocenters. The van der Waals surface area contributed by atoms with Crippen LogP contribution in [0, 0.1) is 6.92 Å². The van der Waals surface area contributed by atoms with Crippen LogP contribution in [0.4, 0.5) is 34.1 Å². The summed E-state index contributed by atoms with van der Waals surface area (Å²) in [6.07, 6.45) is 0. The van der Waals surface area contributed by atoms with Gasteiger partial charge in [-0.3, -0.25) is 0 Å². The molecule has 0 fully saturated rings. The summed E-state index contributed by atoms with van der Waals surface area (Å²) in [5.41, 5.74) is 17.9. The molecule has 58 heavy (non-hydrogen) atoms. The zero-order valence-corrected chi connectivity index (χ0v) is 33.1. The minimum absolute atomic E-state index is 0.237. The zero-order chi connectivity index (χ0) is 39.2. The minimum atomic E-state index is -0.237. The first-order chi connectivity index (χ1) is 28.4. The Morgan fingerprint density at radius 2 is 0.672 bits per heavy atom. The molecule has 0 bridgehead atoms. The van der Waals surface area contributed by atoms with Crippen molar-refractivity contribution in [2.24, 2.45) is 0 Å². The Morgan fingerprint density at radius 1 is 0.310 bits per heavy atom. The summed E-state index contributed by atoms with van der Waals surface area (Å²) in [6.45, 7) is 6.91. The number of nitrogens with zero attached hydrogens (tertiary/aromatic N) is 2. The summed E-state index contributed by atoms with van der Waals surface area (Å²) in [5, 5.41) is 2.47. The van der Waals surface area contributed by atoms with E-state index in [1.54, 1.807) is 0 Å². The van der Waals surface area contributed by atoms with Crippen molar-refractivity contribution in [3.63, 3.8) is 0 Å². The molecule has 0 aromatic heterocycles. The van der Waals surface area contributed by atoms with E-state index in [2.05, 4.69) is 243 Å². The number of hydrogen-bond acceptors (Lipinski definition) is 2.